The van der Waals surface area contributed by atoms with E-state index in [1.165, 1.54) is 17.7 Å². The van der Waals surface area contributed by atoms with Crippen LogP contribution in [0.1, 0.15) is 53.0 Å². The number of carbonyl (C=O) groups excluding carboxylic acids is 2. The minimum atomic E-state index is -0.720. The number of amides is 2. The van der Waals surface area contributed by atoms with Gasteiger partial charge in [-0.1, -0.05) is 24.3 Å². The number of benzene rings is 2. The van der Waals surface area contributed by atoms with E-state index in [-0.39, 0.29) is 23.1 Å². The van der Waals surface area contributed by atoms with Gasteiger partial charge in [0.1, 0.15) is 11.8 Å². The molecular formula is C24H27N5O3. The number of aromatic nitrogens is 2. The first kappa shape index (κ1) is 20.5. The lowest BCUT2D eigenvalue weighted by molar-refractivity contribution is -0.125. The number of carbonyl (C=O) groups is 2. The van der Waals surface area contributed by atoms with Crippen LogP contribution in [0.5, 0.6) is 5.75 Å². The zero-order chi connectivity index (χ0) is 22.2. The number of likely N-dealkylation sites (N-methyl/N-ethyl adjacent to an activating group) is 1. The Hall–Kier alpha value is -3.39. The number of aromatic amines is 1. The molecule has 0 bridgehead atoms. The molecule has 2 aromatic carbocycles. The lowest BCUT2D eigenvalue weighted by Crippen LogP contribution is -2.39. The Morgan fingerprint density at radius 3 is 2.78 bits per heavy atom. The van der Waals surface area contributed by atoms with E-state index in [2.05, 4.69) is 20.4 Å². The van der Waals surface area contributed by atoms with E-state index < -0.39 is 6.04 Å². The van der Waals surface area contributed by atoms with E-state index in [0.717, 1.165) is 35.3 Å². The van der Waals surface area contributed by atoms with Crippen LogP contribution in [-0.4, -0.2) is 56.6 Å². The number of hydrogen-bond acceptors (Lipinski definition) is 5. The number of likely N-dealkylation sites (tertiary alicyclic amines) is 1. The molecule has 2 amide bonds. The lowest BCUT2D eigenvalue weighted by Gasteiger charge is -2.25. The molecular weight excluding hydrogens is 406 g/mol. The fourth-order valence-corrected chi connectivity index (χ4v) is 4.84. The third kappa shape index (κ3) is 3.50. The molecule has 1 fully saturated rings. The Labute approximate surface area is 186 Å². The molecule has 3 aromatic rings. The van der Waals surface area contributed by atoms with Gasteiger partial charge in [0.15, 0.2) is 0 Å². The van der Waals surface area contributed by atoms with E-state index in [9.17, 15) is 14.7 Å². The summed E-state index contributed by atoms with van der Waals surface area (Å²) in [6.07, 6.45) is 2.37. The molecule has 0 aliphatic carbocycles. The van der Waals surface area contributed by atoms with Crippen molar-refractivity contribution in [1.29, 1.82) is 0 Å². The first-order chi connectivity index (χ1) is 15.6. The Balaban J connectivity index is 1.50. The van der Waals surface area contributed by atoms with Gasteiger partial charge in [0.05, 0.1) is 16.8 Å². The molecule has 5 rings (SSSR count). The number of nitrogens with zero attached hydrogens (tertiary/aromatic N) is 3. The summed E-state index contributed by atoms with van der Waals surface area (Å²) in [5.74, 6) is -0.709. The minimum absolute atomic E-state index is 0.121. The maximum absolute atomic E-state index is 13.6. The monoisotopic (exact) mass is 433 g/mol. The van der Waals surface area contributed by atoms with Crippen LogP contribution in [0, 0.1) is 0 Å². The van der Waals surface area contributed by atoms with Crippen LogP contribution in [0.4, 0.5) is 0 Å². The van der Waals surface area contributed by atoms with Crippen LogP contribution >= 0.6 is 0 Å². The van der Waals surface area contributed by atoms with Crippen LogP contribution in [0.25, 0.3) is 10.9 Å². The van der Waals surface area contributed by atoms with E-state index in [1.54, 1.807) is 12.1 Å². The average Bonchev–Trinajstić information content (AvgIpc) is 3.52. The second kappa shape index (κ2) is 8.27. The smallest absolute Gasteiger partial charge is 0.258 e. The molecule has 1 atom stereocenters. The van der Waals surface area contributed by atoms with E-state index in [0.29, 0.717) is 25.2 Å². The first-order valence-corrected chi connectivity index (χ1v) is 11.2. The Kier molecular flexibility index (Phi) is 5.30. The fraction of sp³-hybridized carbons (Fsp3) is 0.375. The molecule has 1 aromatic heterocycles. The second-order valence-electron chi connectivity index (χ2n) is 8.50. The van der Waals surface area contributed by atoms with E-state index >= 15 is 0 Å². The molecule has 0 spiro atoms. The van der Waals surface area contributed by atoms with Crippen LogP contribution < -0.4 is 5.32 Å². The summed E-state index contributed by atoms with van der Waals surface area (Å²) < 4.78 is 0. The van der Waals surface area contributed by atoms with Gasteiger partial charge < -0.3 is 15.3 Å². The van der Waals surface area contributed by atoms with Crippen LogP contribution in [0.3, 0.4) is 0 Å². The maximum atomic E-state index is 13.6. The van der Waals surface area contributed by atoms with Crippen molar-refractivity contribution >= 4 is 22.7 Å². The largest absolute Gasteiger partial charge is 0.507 e. The quantitative estimate of drug-likeness (QED) is 0.574. The molecule has 32 heavy (non-hydrogen) atoms. The summed E-state index contributed by atoms with van der Waals surface area (Å²) in [4.78, 5) is 30.4. The molecule has 2 aliphatic rings. The van der Waals surface area contributed by atoms with Crippen molar-refractivity contribution in [1.82, 2.24) is 25.3 Å². The average molecular weight is 434 g/mol. The van der Waals surface area contributed by atoms with Crippen molar-refractivity contribution in [3.8, 4) is 5.75 Å². The van der Waals surface area contributed by atoms with Crippen molar-refractivity contribution in [2.75, 3.05) is 19.6 Å². The number of rotatable bonds is 5. The van der Waals surface area contributed by atoms with Gasteiger partial charge in [0.25, 0.3) is 5.91 Å². The molecule has 3 N–H and O–H groups in total. The number of nitrogens with one attached hydrogen (secondary N) is 2. The first-order valence-electron chi connectivity index (χ1n) is 11.2. The molecule has 166 valence electrons. The van der Waals surface area contributed by atoms with Crippen LogP contribution in [0.2, 0.25) is 0 Å². The van der Waals surface area contributed by atoms with Gasteiger partial charge >= 0.3 is 0 Å². The summed E-state index contributed by atoms with van der Waals surface area (Å²) in [6, 6.07) is 10.1. The Morgan fingerprint density at radius 2 is 2.00 bits per heavy atom. The summed E-state index contributed by atoms with van der Waals surface area (Å²) in [6.45, 7) is 5.43. The Bertz CT molecular complexity index is 1180. The number of H-pyrrole nitrogens is 1. The SMILES string of the molecule is CCNC(=O)C1c2ccccc2CN1C(=O)c1cc2c(CN3CCCC3)n[nH]c2cc1O. The zero-order valence-electron chi connectivity index (χ0n) is 18.1. The third-order valence-corrected chi connectivity index (χ3v) is 6.42. The van der Waals surface area contributed by atoms with Gasteiger partial charge in [-0.2, -0.15) is 5.10 Å². The summed E-state index contributed by atoms with van der Waals surface area (Å²) in [7, 11) is 0. The molecule has 8 nitrogen and oxygen atoms in total. The van der Waals surface area contributed by atoms with Crippen molar-refractivity contribution < 1.29 is 14.7 Å². The van der Waals surface area contributed by atoms with Gasteiger partial charge in [-0.25, -0.2) is 0 Å². The van der Waals surface area contributed by atoms with Crippen molar-refractivity contribution in [3.05, 3.63) is 58.8 Å². The number of phenolic OH excluding ortho intramolecular Hbond substituents is 1. The maximum Gasteiger partial charge on any atom is 0.258 e. The normalized spacial score (nSPS) is 18.3. The molecule has 8 heteroatoms. The summed E-state index contributed by atoms with van der Waals surface area (Å²) in [5, 5.41) is 21.7. The molecule has 0 saturated carbocycles. The van der Waals surface area contributed by atoms with E-state index in [1.807, 2.05) is 31.2 Å². The van der Waals surface area contributed by atoms with Crippen LogP contribution in [0.15, 0.2) is 36.4 Å². The number of fused-ring (bicyclic) bond motifs is 2. The topological polar surface area (TPSA) is 102 Å². The van der Waals surface area contributed by atoms with E-state index in [4.69, 9.17) is 0 Å². The van der Waals surface area contributed by atoms with Gasteiger partial charge in [-0.05, 0) is 50.0 Å². The van der Waals surface area contributed by atoms with Gasteiger partial charge in [0, 0.05) is 31.1 Å². The molecule has 0 radical (unpaired) electrons. The number of hydrogen-bond donors (Lipinski definition) is 3. The Morgan fingerprint density at radius 1 is 1.22 bits per heavy atom. The number of aromatic hydroxyl groups is 1. The zero-order valence-corrected chi connectivity index (χ0v) is 18.1. The lowest BCUT2D eigenvalue weighted by atomic mass is 10.0. The van der Waals surface area contributed by atoms with Crippen molar-refractivity contribution in [2.24, 2.45) is 0 Å². The molecule has 1 saturated heterocycles. The van der Waals surface area contributed by atoms with Gasteiger partial charge in [-0.3, -0.25) is 19.6 Å². The van der Waals surface area contributed by atoms with Gasteiger partial charge in [0.2, 0.25) is 5.91 Å². The number of phenols is 1. The third-order valence-electron chi connectivity index (χ3n) is 6.42. The van der Waals surface area contributed by atoms with Gasteiger partial charge in [-0.15, -0.1) is 0 Å². The highest BCUT2D eigenvalue weighted by Gasteiger charge is 2.39. The standard InChI is InChI=1S/C24H27N5O3/c1-2-25-23(31)22-16-8-4-3-7-15(16)13-29(22)24(32)18-11-17-19(12-21(18)30)26-27-20(17)14-28-9-5-6-10-28/h3-4,7-8,11-12,22,30H,2,5-6,9-10,13-14H2,1H3,(H,25,31)(H,26,27). The highest BCUT2D eigenvalue weighted by molar-refractivity contribution is 6.03. The fourth-order valence-electron chi connectivity index (χ4n) is 4.84. The molecule has 2 aliphatic heterocycles. The second-order valence-corrected chi connectivity index (χ2v) is 8.50. The predicted molar refractivity (Wildman–Crippen MR) is 120 cm³/mol. The molecule has 1 unspecified atom stereocenters. The highest BCUT2D eigenvalue weighted by Crippen LogP contribution is 2.37. The van der Waals surface area contributed by atoms with Crippen molar-refractivity contribution in [3.63, 3.8) is 0 Å². The summed E-state index contributed by atoms with van der Waals surface area (Å²) >= 11 is 0. The predicted octanol–water partition coefficient (Wildman–Crippen LogP) is 2.70. The summed E-state index contributed by atoms with van der Waals surface area (Å²) in [5.41, 5.74) is 3.50. The molecule has 3 heterocycles. The highest BCUT2D eigenvalue weighted by atomic mass is 16.3. The van der Waals surface area contributed by atoms with Crippen molar-refractivity contribution in [2.45, 2.75) is 38.9 Å². The minimum Gasteiger partial charge on any atom is -0.507 e. The van der Waals surface area contributed by atoms with Crippen LogP contribution in [-0.2, 0) is 17.9 Å².